The first-order chi connectivity index (χ1) is 12.1. The van der Waals surface area contributed by atoms with E-state index in [0.717, 1.165) is 10.6 Å². The van der Waals surface area contributed by atoms with E-state index < -0.39 is 22.5 Å². The van der Waals surface area contributed by atoms with Gasteiger partial charge in [0.05, 0.1) is 34.8 Å². The molecule has 2 rings (SSSR count). The summed E-state index contributed by atoms with van der Waals surface area (Å²) in [7, 11) is -2.30. The minimum Gasteiger partial charge on any atom is -0.495 e. The first-order valence-electron chi connectivity index (χ1n) is 7.18. The van der Waals surface area contributed by atoms with Gasteiger partial charge in [-0.2, -0.15) is 0 Å². The van der Waals surface area contributed by atoms with E-state index in [-0.39, 0.29) is 21.4 Å². The molecule has 2 aromatic carbocycles. The van der Waals surface area contributed by atoms with Crippen LogP contribution in [0, 0.1) is 0 Å². The van der Waals surface area contributed by atoms with Crippen molar-refractivity contribution in [3.05, 3.63) is 51.5 Å². The van der Waals surface area contributed by atoms with Gasteiger partial charge >= 0.3 is 0 Å². The molecule has 1 N–H and O–H groups in total. The minimum atomic E-state index is -3.75. The molecule has 0 atom stereocenters. The van der Waals surface area contributed by atoms with Gasteiger partial charge in [-0.1, -0.05) is 34.8 Å². The van der Waals surface area contributed by atoms with E-state index in [0.29, 0.717) is 10.8 Å². The fraction of sp³-hybridized carbons (Fsp3) is 0.188. The second kappa shape index (κ2) is 8.35. The number of anilines is 2. The Morgan fingerprint density at radius 2 is 1.81 bits per heavy atom. The van der Waals surface area contributed by atoms with Crippen molar-refractivity contribution in [2.45, 2.75) is 0 Å². The number of methoxy groups -OCH3 is 1. The lowest BCUT2D eigenvalue weighted by molar-refractivity contribution is -0.114. The third-order valence-electron chi connectivity index (χ3n) is 3.31. The molecule has 0 saturated carbocycles. The molecule has 26 heavy (non-hydrogen) atoms. The minimum absolute atomic E-state index is 0.219. The van der Waals surface area contributed by atoms with E-state index in [4.69, 9.17) is 39.5 Å². The molecular weight excluding hydrogens is 423 g/mol. The molecule has 0 unspecified atom stereocenters. The lowest BCUT2D eigenvalue weighted by Gasteiger charge is -2.22. The van der Waals surface area contributed by atoms with Crippen LogP contribution in [0.15, 0.2) is 36.4 Å². The fourth-order valence-electron chi connectivity index (χ4n) is 2.12. The predicted octanol–water partition coefficient (Wildman–Crippen LogP) is 4.06. The molecule has 0 spiro atoms. The highest BCUT2D eigenvalue weighted by Gasteiger charge is 2.22. The molecule has 6 nitrogen and oxygen atoms in total. The molecule has 0 heterocycles. The molecular formula is C16H15Cl3N2O4S. The first-order valence-corrected chi connectivity index (χ1v) is 10.2. The topological polar surface area (TPSA) is 75.7 Å². The number of nitrogens with zero attached hydrogens (tertiary/aromatic N) is 1. The van der Waals surface area contributed by atoms with E-state index >= 15 is 0 Å². The summed E-state index contributed by atoms with van der Waals surface area (Å²) in [4.78, 5) is 12.3. The van der Waals surface area contributed by atoms with Crippen LogP contribution in [0.4, 0.5) is 11.4 Å². The van der Waals surface area contributed by atoms with Crippen molar-refractivity contribution in [1.82, 2.24) is 0 Å². The second-order valence-corrected chi connectivity index (χ2v) is 8.42. The van der Waals surface area contributed by atoms with Gasteiger partial charge in [0.25, 0.3) is 0 Å². The zero-order valence-corrected chi connectivity index (χ0v) is 16.9. The maximum Gasteiger partial charge on any atom is 0.245 e. The Morgan fingerprint density at radius 1 is 1.12 bits per heavy atom. The van der Waals surface area contributed by atoms with E-state index in [9.17, 15) is 13.2 Å². The number of rotatable bonds is 6. The second-order valence-electron chi connectivity index (χ2n) is 5.26. The number of ether oxygens (including phenoxy) is 1. The number of halogens is 3. The van der Waals surface area contributed by atoms with Gasteiger partial charge < -0.3 is 10.1 Å². The standard InChI is InChI=1S/C16H15Cl3N2O4S/c1-25-15-6-4-11(8-13(15)19)21(26(2,23)24)9-16(22)20-14-7-10(17)3-5-12(14)18/h3-8H,9H2,1-2H3,(H,20,22). The summed E-state index contributed by atoms with van der Waals surface area (Å²) in [5.41, 5.74) is 0.510. The first kappa shape index (κ1) is 20.6. The summed E-state index contributed by atoms with van der Waals surface area (Å²) in [5.74, 6) is -0.203. The van der Waals surface area contributed by atoms with Gasteiger partial charge in [-0.25, -0.2) is 8.42 Å². The van der Waals surface area contributed by atoms with Crippen molar-refractivity contribution in [2.75, 3.05) is 29.5 Å². The molecule has 1 amide bonds. The van der Waals surface area contributed by atoms with Crippen LogP contribution in [0.5, 0.6) is 5.75 Å². The quantitative estimate of drug-likeness (QED) is 0.739. The Hall–Kier alpha value is -1.67. The van der Waals surface area contributed by atoms with Crippen molar-refractivity contribution in [3.8, 4) is 5.75 Å². The molecule has 0 bridgehead atoms. The van der Waals surface area contributed by atoms with Crippen molar-refractivity contribution in [2.24, 2.45) is 0 Å². The zero-order chi connectivity index (χ0) is 19.5. The largest absolute Gasteiger partial charge is 0.495 e. The average Bonchev–Trinajstić information content (AvgIpc) is 2.55. The Bertz CT molecular complexity index is 935. The number of benzene rings is 2. The number of carbonyl (C=O) groups excluding carboxylic acids is 1. The summed E-state index contributed by atoms with van der Waals surface area (Å²) >= 11 is 17.9. The summed E-state index contributed by atoms with van der Waals surface area (Å²) < 4.78 is 30.2. The van der Waals surface area contributed by atoms with Gasteiger partial charge in [0, 0.05) is 5.02 Å². The maximum absolute atomic E-state index is 12.3. The number of sulfonamides is 1. The highest BCUT2D eigenvalue weighted by molar-refractivity contribution is 7.92. The third-order valence-corrected chi connectivity index (χ3v) is 5.31. The Labute approximate surface area is 166 Å². The van der Waals surface area contributed by atoms with E-state index in [2.05, 4.69) is 5.32 Å². The van der Waals surface area contributed by atoms with Gasteiger partial charge in [0.2, 0.25) is 15.9 Å². The Morgan fingerprint density at radius 3 is 2.38 bits per heavy atom. The molecule has 2 aromatic rings. The smallest absolute Gasteiger partial charge is 0.245 e. The number of nitrogens with one attached hydrogen (secondary N) is 1. The number of hydrogen-bond donors (Lipinski definition) is 1. The van der Waals surface area contributed by atoms with Crippen molar-refractivity contribution < 1.29 is 17.9 Å². The maximum atomic E-state index is 12.3. The predicted molar refractivity (Wildman–Crippen MR) is 105 cm³/mol. The number of amides is 1. The molecule has 0 aliphatic heterocycles. The van der Waals surface area contributed by atoms with Crippen LogP contribution in [0.25, 0.3) is 0 Å². The highest BCUT2D eigenvalue weighted by atomic mass is 35.5. The monoisotopic (exact) mass is 436 g/mol. The van der Waals surface area contributed by atoms with Crippen LogP contribution in [0.2, 0.25) is 15.1 Å². The average molecular weight is 438 g/mol. The van der Waals surface area contributed by atoms with Crippen molar-refractivity contribution in [1.29, 1.82) is 0 Å². The van der Waals surface area contributed by atoms with Gasteiger partial charge in [-0.05, 0) is 36.4 Å². The third kappa shape index (κ3) is 5.17. The molecule has 0 aliphatic carbocycles. The van der Waals surface area contributed by atoms with E-state index in [1.165, 1.54) is 37.4 Å². The van der Waals surface area contributed by atoms with Crippen LogP contribution in [-0.2, 0) is 14.8 Å². The Balaban J connectivity index is 2.27. The molecule has 10 heteroatoms. The molecule has 0 saturated heterocycles. The van der Waals surface area contributed by atoms with Crippen LogP contribution >= 0.6 is 34.8 Å². The molecule has 0 aromatic heterocycles. The fourth-order valence-corrected chi connectivity index (χ4v) is 3.56. The van der Waals surface area contributed by atoms with Crippen LogP contribution in [0.1, 0.15) is 0 Å². The van der Waals surface area contributed by atoms with Gasteiger partial charge in [0.15, 0.2) is 0 Å². The van der Waals surface area contributed by atoms with Crippen LogP contribution < -0.4 is 14.4 Å². The molecule has 0 fully saturated rings. The number of carbonyl (C=O) groups is 1. The van der Waals surface area contributed by atoms with Gasteiger partial charge in [-0.15, -0.1) is 0 Å². The lowest BCUT2D eigenvalue weighted by atomic mass is 10.3. The summed E-state index contributed by atoms with van der Waals surface area (Å²) in [6, 6.07) is 8.98. The van der Waals surface area contributed by atoms with Gasteiger partial charge in [-0.3, -0.25) is 9.10 Å². The molecule has 0 radical (unpaired) electrons. The van der Waals surface area contributed by atoms with Crippen molar-refractivity contribution >= 4 is 62.1 Å². The zero-order valence-electron chi connectivity index (χ0n) is 13.8. The molecule has 140 valence electrons. The summed E-state index contributed by atoms with van der Waals surface area (Å²) in [6.45, 7) is -0.468. The van der Waals surface area contributed by atoms with Crippen LogP contribution in [0.3, 0.4) is 0 Å². The normalized spacial score (nSPS) is 11.1. The number of hydrogen-bond acceptors (Lipinski definition) is 4. The van der Waals surface area contributed by atoms with Crippen molar-refractivity contribution in [3.63, 3.8) is 0 Å². The van der Waals surface area contributed by atoms with E-state index in [1.54, 1.807) is 6.07 Å². The molecule has 0 aliphatic rings. The summed E-state index contributed by atoms with van der Waals surface area (Å²) in [6.07, 6.45) is 0.991. The van der Waals surface area contributed by atoms with E-state index in [1.807, 2.05) is 0 Å². The van der Waals surface area contributed by atoms with Crippen LogP contribution in [-0.4, -0.2) is 34.2 Å². The SMILES string of the molecule is COc1ccc(N(CC(=O)Nc2cc(Cl)ccc2Cl)S(C)(=O)=O)cc1Cl. The summed E-state index contributed by atoms with van der Waals surface area (Å²) in [5, 5.41) is 3.42. The Kier molecular flexibility index (Phi) is 6.63. The highest BCUT2D eigenvalue weighted by Crippen LogP contribution is 2.30. The lowest BCUT2D eigenvalue weighted by Crippen LogP contribution is -2.37. The van der Waals surface area contributed by atoms with Gasteiger partial charge in [0.1, 0.15) is 12.3 Å².